The van der Waals surface area contributed by atoms with Crippen LogP contribution in [0.2, 0.25) is 0 Å². The van der Waals surface area contributed by atoms with E-state index in [1.165, 1.54) is 17.5 Å². The maximum Gasteiger partial charge on any atom is 0.243 e. The van der Waals surface area contributed by atoms with Crippen LogP contribution in [0.15, 0.2) is 54.6 Å². The van der Waals surface area contributed by atoms with Gasteiger partial charge in [-0.2, -0.15) is 0 Å². The third-order valence-corrected chi connectivity index (χ3v) is 6.37. The minimum absolute atomic E-state index is 0.132. The van der Waals surface area contributed by atoms with Crippen molar-refractivity contribution < 1.29 is 19.2 Å². The van der Waals surface area contributed by atoms with Gasteiger partial charge >= 0.3 is 0 Å². The molecule has 0 saturated carbocycles. The van der Waals surface area contributed by atoms with Crippen molar-refractivity contribution in [2.75, 3.05) is 61.3 Å². The second kappa shape index (κ2) is 11.7. The van der Waals surface area contributed by atoms with Crippen LogP contribution in [0.5, 0.6) is 0 Å². The predicted molar refractivity (Wildman–Crippen MR) is 138 cm³/mol. The summed E-state index contributed by atoms with van der Waals surface area (Å²) >= 11 is 0. The molecule has 0 aromatic heterocycles. The third-order valence-electron chi connectivity index (χ3n) is 6.37. The molecular weight excluding hydrogens is 460 g/mol. The van der Waals surface area contributed by atoms with Crippen LogP contribution in [0.4, 0.5) is 17.1 Å². The van der Waals surface area contributed by atoms with Crippen molar-refractivity contribution in [1.29, 1.82) is 0 Å². The molecule has 2 aromatic rings. The summed E-state index contributed by atoms with van der Waals surface area (Å²) < 4.78 is 0. The van der Waals surface area contributed by atoms with Gasteiger partial charge in [0.2, 0.25) is 23.6 Å². The fourth-order valence-corrected chi connectivity index (χ4v) is 4.53. The van der Waals surface area contributed by atoms with Gasteiger partial charge < -0.3 is 25.8 Å². The number of piperazine rings is 2. The third kappa shape index (κ3) is 6.60. The van der Waals surface area contributed by atoms with Gasteiger partial charge in [0.1, 0.15) is 6.04 Å². The second-order valence-corrected chi connectivity index (χ2v) is 9.00. The Morgan fingerprint density at radius 3 is 2.17 bits per heavy atom. The molecule has 2 fully saturated rings. The predicted octanol–water partition coefficient (Wildman–Crippen LogP) is 1.12. The van der Waals surface area contributed by atoms with Crippen molar-refractivity contribution in [2.45, 2.75) is 19.4 Å². The van der Waals surface area contributed by atoms with E-state index in [2.05, 4.69) is 37.9 Å². The van der Waals surface area contributed by atoms with Gasteiger partial charge in [-0.25, -0.2) is 0 Å². The highest BCUT2D eigenvalue weighted by molar-refractivity contribution is 5.98. The van der Waals surface area contributed by atoms with E-state index in [0.29, 0.717) is 24.5 Å². The maximum atomic E-state index is 13.2. The zero-order valence-corrected chi connectivity index (χ0v) is 20.4. The number of amides is 4. The summed E-state index contributed by atoms with van der Waals surface area (Å²) in [5.74, 6) is -1.01. The van der Waals surface area contributed by atoms with E-state index in [-0.39, 0.29) is 36.6 Å². The van der Waals surface area contributed by atoms with Gasteiger partial charge in [0, 0.05) is 63.3 Å². The monoisotopic (exact) mass is 492 g/mol. The number of hydrogen-bond acceptors (Lipinski definition) is 6. The highest BCUT2D eigenvalue weighted by Gasteiger charge is 2.35. The average Bonchev–Trinajstić information content (AvgIpc) is 2.87. The zero-order valence-electron chi connectivity index (χ0n) is 20.4. The van der Waals surface area contributed by atoms with Crippen LogP contribution in [0.1, 0.15) is 13.3 Å². The number of carbonyl (C=O) groups excluding carboxylic acids is 4. The lowest BCUT2D eigenvalue weighted by Gasteiger charge is -2.39. The van der Waals surface area contributed by atoms with E-state index < -0.39 is 6.04 Å². The van der Waals surface area contributed by atoms with E-state index in [4.69, 9.17) is 0 Å². The number of anilines is 3. The van der Waals surface area contributed by atoms with Crippen molar-refractivity contribution in [2.24, 2.45) is 0 Å². The summed E-state index contributed by atoms with van der Waals surface area (Å²) in [6, 6.07) is 16.0. The first-order valence-electron chi connectivity index (χ1n) is 12.2. The summed E-state index contributed by atoms with van der Waals surface area (Å²) in [6.45, 7) is 5.53. The van der Waals surface area contributed by atoms with Crippen LogP contribution >= 0.6 is 0 Å². The molecule has 36 heavy (non-hydrogen) atoms. The molecule has 2 aromatic carbocycles. The number of benzene rings is 2. The normalized spacial score (nSPS) is 18.4. The number of nitrogens with one attached hydrogen (secondary N) is 3. The Morgan fingerprint density at radius 2 is 1.53 bits per heavy atom. The van der Waals surface area contributed by atoms with E-state index >= 15 is 0 Å². The summed E-state index contributed by atoms with van der Waals surface area (Å²) in [7, 11) is 0. The molecular formula is C26H32N6O4. The molecule has 0 aliphatic carbocycles. The van der Waals surface area contributed by atoms with Crippen LogP contribution in [-0.4, -0.2) is 85.3 Å². The largest absolute Gasteiger partial charge is 0.369 e. The summed E-state index contributed by atoms with van der Waals surface area (Å²) in [6.07, 6.45) is -0.132. The number of para-hydroxylation sites is 1. The topological polar surface area (TPSA) is 114 Å². The molecule has 2 aliphatic heterocycles. The number of hydrogen-bond donors (Lipinski definition) is 3. The molecule has 10 nitrogen and oxygen atoms in total. The minimum atomic E-state index is -0.851. The fourth-order valence-electron chi connectivity index (χ4n) is 4.53. The fraction of sp³-hybridized carbons (Fsp3) is 0.385. The Bertz CT molecular complexity index is 1080. The maximum absolute atomic E-state index is 13.2. The van der Waals surface area contributed by atoms with Crippen LogP contribution in [0.3, 0.4) is 0 Å². The molecule has 4 rings (SSSR count). The molecule has 0 unspecified atom stereocenters. The van der Waals surface area contributed by atoms with Gasteiger partial charge in [0.05, 0.1) is 13.0 Å². The van der Waals surface area contributed by atoms with E-state index in [1.807, 2.05) is 18.2 Å². The lowest BCUT2D eigenvalue weighted by molar-refractivity contribution is -0.145. The first-order valence-corrected chi connectivity index (χ1v) is 12.2. The summed E-state index contributed by atoms with van der Waals surface area (Å²) in [5.41, 5.74) is 2.33. The molecule has 3 N–H and O–H groups in total. The first kappa shape index (κ1) is 25.2. The average molecular weight is 493 g/mol. The van der Waals surface area contributed by atoms with Crippen molar-refractivity contribution in [1.82, 2.24) is 15.1 Å². The van der Waals surface area contributed by atoms with Gasteiger partial charge in [-0.15, -0.1) is 0 Å². The first-order chi connectivity index (χ1) is 17.4. The summed E-state index contributed by atoms with van der Waals surface area (Å²) in [4.78, 5) is 55.5. The quantitative estimate of drug-likeness (QED) is 0.534. The molecule has 190 valence electrons. The molecule has 0 bridgehead atoms. The van der Waals surface area contributed by atoms with Gasteiger partial charge in [0.25, 0.3) is 0 Å². The van der Waals surface area contributed by atoms with Gasteiger partial charge in [-0.05, 0) is 36.4 Å². The second-order valence-electron chi connectivity index (χ2n) is 9.00. The van der Waals surface area contributed by atoms with Crippen LogP contribution in [0.25, 0.3) is 0 Å². The highest BCUT2D eigenvalue weighted by Crippen LogP contribution is 2.18. The van der Waals surface area contributed by atoms with Crippen molar-refractivity contribution in [3.05, 3.63) is 54.6 Å². The van der Waals surface area contributed by atoms with Crippen LogP contribution < -0.4 is 20.9 Å². The molecule has 1 atom stereocenters. The Morgan fingerprint density at radius 1 is 0.889 bits per heavy atom. The van der Waals surface area contributed by atoms with Gasteiger partial charge in [-0.1, -0.05) is 18.2 Å². The minimum Gasteiger partial charge on any atom is -0.369 e. The van der Waals surface area contributed by atoms with Crippen LogP contribution in [0, 0.1) is 0 Å². The molecule has 10 heteroatoms. The van der Waals surface area contributed by atoms with Gasteiger partial charge in [-0.3, -0.25) is 24.1 Å². The number of nitrogens with zero attached hydrogens (tertiary/aromatic N) is 3. The Kier molecular flexibility index (Phi) is 8.17. The van der Waals surface area contributed by atoms with Crippen molar-refractivity contribution >= 4 is 40.7 Å². The molecule has 2 saturated heterocycles. The summed E-state index contributed by atoms with van der Waals surface area (Å²) in [5, 5.41) is 8.20. The van der Waals surface area contributed by atoms with Crippen molar-refractivity contribution in [3.63, 3.8) is 0 Å². The smallest absolute Gasteiger partial charge is 0.243 e. The molecule has 2 heterocycles. The molecule has 4 amide bonds. The SMILES string of the molecule is CC(=O)Nc1ccc(NC(=O)C[C@@H]2C(=O)NCCN2C(=O)CN2CCN(c3ccccc3)CC2)cc1. The highest BCUT2D eigenvalue weighted by atomic mass is 16.2. The Labute approximate surface area is 210 Å². The van der Waals surface area contributed by atoms with Crippen molar-refractivity contribution in [3.8, 4) is 0 Å². The lowest BCUT2D eigenvalue weighted by Crippen LogP contribution is -2.60. The number of rotatable bonds is 7. The lowest BCUT2D eigenvalue weighted by atomic mass is 10.1. The van der Waals surface area contributed by atoms with Crippen LogP contribution in [-0.2, 0) is 19.2 Å². The standard InChI is InChI=1S/C26H32N6O4/c1-19(33)28-20-7-9-21(10-8-20)29-24(34)17-23-26(36)27-11-12-32(23)25(35)18-30-13-15-31(16-14-30)22-5-3-2-4-6-22/h2-10,23H,11-18H2,1H3,(H,27,36)(H,28,33)(H,29,34)/t23-/m1/s1. The number of carbonyl (C=O) groups is 4. The van der Waals surface area contributed by atoms with E-state index in [9.17, 15) is 19.2 Å². The molecule has 2 aliphatic rings. The Hall–Kier alpha value is -3.92. The Balaban J connectivity index is 1.30. The van der Waals surface area contributed by atoms with Gasteiger partial charge in [0.15, 0.2) is 0 Å². The van der Waals surface area contributed by atoms with E-state index in [0.717, 1.165) is 26.2 Å². The van der Waals surface area contributed by atoms with E-state index in [1.54, 1.807) is 24.3 Å². The molecule has 0 radical (unpaired) electrons. The molecule has 0 spiro atoms. The zero-order chi connectivity index (χ0) is 25.5.